The zero-order valence-corrected chi connectivity index (χ0v) is 16.6. The van der Waals surface area contributed by atoms with Gasteiger partial charge in [0.2, 0.25) is 11.8 Å². The SMILES string of the molecule is Cc1cc(NC(=O)CNC(c2ccc(C3CCCCC3)cc2)C(C)C)on1. The average Bonchev–Trinajstić information content (AvgIpc) is 3.07. The Morgan fingerprint density at radius 3 is 2.48 bits per heavy atom. The Labute approximate surface area is 161 Å². The molecule has 1 saturated carbocycles. The van der Waals surface area contributed by atoms with Crippen LogP contribution in [-0.4, -0.2) is 17.6 Å². The fourth-order valence-electron chi connectivity index (χ4n) is 3.96. The van der Waals surface area contributed by atoms with Crippen LogP contribution in [0.5, 0.6) is 0 Å². The normalized spacial score (nSPS) is 16.4. The second-order valence-electron chi connectivity index (χ2n) is 7.98. The number of nitrogens with one attached hydrogen (secondary N) is 2. The molecule has 2 N–H and O–H groups in total. The molecule has 27 heavy (non-hydrogen) atoms. The third-order valence-electron chi connectivity index (χ3n) is 5.41. The van der Waals surface area contributed by atoms with E-state index in [0.717, 1.165) is 11.6 Å². The first-order valence-electron chi connectivity index (χ1n) is 10.1. The molecule has 5 heteroatoms. The summed E-state index contributed by atoms with van der Waals surface area (Å²) in [7, 11) is 0. The molecule has 0 aliphatic heterocycles. The fraction of sp³-hybridized carbons (Fsp3) is 0.545. The quantitative estimate of drug-likeness (QED) is 0.724. The standard InChI is InChI=1S/C22H31N3O2/c1-15(2)22(23-14-20(26)24-21-13-16(3)25-27-21)19-11-9-18(10-12-19)17-7-5-4-6-8-17/h9-13,15,17,22-23H,4-8,14H2,1-3H3,(H,24,26). The highest BCUT2D eigenvalue weighted by Gasteiger charge is 2.19. The molecule has 1 fully saturated rings. The zero-order chi connectivity index (χ0) is 19.2. The van der Waals surface area contributed by atoms with E-state index in [2.05, 4.69) is 53.9 Å². The second kappa shape index (κ2) is 9.18. The van der Waals surface area contributed by atoms with Crippen molar-refractivity contribution in [2.45, 2.75) is 64.8 Å². The summed E-state index contributed by atoms with van der Waals surface area (Å²) in [4.78, 5) is 12.2. The van der Waals surface area contributed by atoms with E-state index in [1.807, 2.05) is 6.92 Å². The van der Waals surface area contributed by atoms with E-state index < -0.39 is 0 Å². The number of amides is 1. The van der Waals surface area contributed by atoms with Gasteiger partial charge in [-0.05, 0) is 42.7 Å². The van der Waals surface area contributed by atoms with Crippen molar-refractivity contribution in [3.05, 3.63) is 47.2 Å². The zero-order valence-electron chi connectivity index (χ0n) is 16.6. The monoisotopic (exact) mass is 369 g/mol. The minimum atomic E-state index is -0.129. The van der Waals surface area contributed by atoms with Gasteiger partial charge in [-0.2, -0.15) is 0 Å². The van der Waals surface area contributed by atoms with Crippen LogP contribution in [0.15, 0.2) is 34.9 Å². The second-order valence-corrected chi connectivity index (χ2v) is 7.98. The number of aromatic nitrogens is 1. The van der Waals surface area contributed by atoms with Crippen LogP contribution in [0, 0.1) is 12.8 Å². The maximum Gasteiger partial charge on any atom is 0.240 e. The summed E-state index contributed by atoms with van der Waals surface area (Å²) in [5.41, 5.74) is 3.43. The van der Waals surface area contributed by atoms with Crippen LogP contribution in [0.3, 0.4) is 0 Å². The maximum atomic E-state index is 12.2. The highest BCUT2D eigenvalue weighted by molar-refractivity contribution is 5.90. The van der Waals surface area contributed by atoms with Crippen LogP contribution >= 0.6 is 0 Å². The highest BCUT2D eigenvalue weighted by atomic mass is 16.5. The van der Waals surface area contributed by atoms with Crippen molar-refractivity contribution >= 4 is 11.8 Å². The molecule has 0 spiro atoms. The maximum absolute atomic E-state index is 12.2. The van der Waals surface area contributed by atoms with Crippen molar-refractivity contribution in [3.63, 3.8) is 0 Å². The molecule has 1 unspecified atom stereocenters. The molecule has 1 atom stereocenters. The smallest absolute Gasteiger partial charge is 0.240 e. The Hall–Kier alpha value is -2.14. The Balaban J connectivity index is 1.58. The van der Waals surface area contributed by atoms with Gasteiger partial charge in [-0.1, -0.05) is 62.5 Å². The molecule has 1 aromatic carbocycles. The van der Waals surface area contributed by atoms with E-state index in [1.165, 1.54) is 43.2 Å². The predicted molar refractivity (Wildman–Crippen MR) is 108 cm³/mol. The van der Waals surface area contributed by atoms with Gasteiger partial charge in [-0.3, -0.25) is 10.1 Å². The van der Waals surface area contributed by atoms with E-state index in [9.17, 15) is 4.79 Å². The lowest BCUT2D eigenvalue weighted by Crippen LogP contribution is -2.33. The van der Waals surface area contributed by atoms with Crippen LogP contribution in [-0.2, 0) is 4.79 Å². The molecule has 1 aromatic heterocycles. The van der Waals surface area contributed by atoms with E-state index >= 15 is 0 Å². The number of aryl methyl sites for hydroxylation is 1. The number of carbonyl (C=O) groups excluding carboxylic acids is 1. The van der Waals surface area contributed by atoms with E-state index in [0.29, 0.717) is 11.8 Å². The van der Waals surface area contributed by atoms with Gasteiger partial charge in [0.05, 0.1) is 12.2 Å². The van der Waals surface area contributed by atoms with Gasteiger partial charge < -0.3 is 9.84 Å². The highest BCUT2D eigenvalue weighted by Crippen LogP contribution is 2.33. The fourth-order valence-corrected chi connectivity index (χ4v) is 3.96. The molecule has 1 aliphatic rings. The van der Waals surface area contributed by atoms with Gasteiger partial charge in [0.1, 0.15) is 0 Å². The number of benzene rings is 1. The topological polar surface area (TPSA) is 67.2 Å². The summed E-state index contributed by atoms with van der Waals surface area (Å²) in [6.07, 6.45) is 6.70. The van der Waals surface area contributed by atoms with Crippen LogP contribution in [0.1, 0.15) is 74.7 Å². The number of carbonyl (C=O) groups is 1. The van der Waals surface area contributed by atoms with Crippen LogP contribution < -0.4 is 10.6 Å². The largest absolute Gasteiger partial charge is 0.338 e. The van der Waals surface area contributed by atoms with E-state index in [4.69, 9.17) is 4.52 Å². The van der Waals surface area contributed by atoms with Crippen molar-refractivity contribution in [1.82, 2.24) is 10.5 Å². The third-order valence-corrected chi connectivity index (χ3v) is 5.41. The van der Waals surface area contributed by atoms with Crippen LogP contribution in [0.25, 0.3) is 0 Å². The first-order valence-corrected chi connectivity index (χ1v) is 10.1. The third kappa shape index (κ3) is 5.42. The summed E-state index contributed by atoms with van der Waals surface area (Å²) in [5.74, 6) is 1.35. The minimum absolute atomic E-state index is 0.129. The van der Waals surface area contributed by atoms with Crippen LogP contribution in [0.4, 0.5) is 5.88 Å². The number of anilines is 1. The van der Waals surface area contributed by atoms with Gasteiger partial charge in [0.25, 0.3) is 0 Å². The minimum Gasteiger partial charge on any atom is -0.338 e. The lowest BCUT2D eigenvalue weighted by molar-refractivity contribution is -0.115. The van der Waals surface area contributed by atoms with Crippen molar-refractivity contribution in [1.29, 1.82) is 0 Å². The van der Waals surface area contributed by atoms with Crippen molar-refractivity contribution in [2.75, 3.05) is 11.9 Å². The van der Waals surface area contributed by atoms with Crippen molar-refractivity contribution < 1.29 is 9.32 Å². The molecule has 1 heterocycles. The Kier molecular flexibility index (Phi) is 6.67. The number of hydrogen-bond donors (Lipinski definition) is 2. The van der Waals surface area contributed by atoms with Gasteiger partial charge in [-0.15, -0.1) is 0 Å². The first-order chi connectivity index (χ1) is 13.0. The molecule has 0 radical (unpaired) electrons. The molecule has 0 saturated heterocycles. The molecule has 5 nitrogen and oxygen atoms in total. The van der Waals surface area contributed by atoms with Gasteiger partial charge in [0.15, 0.2) is 0 Å². The molecular formula is C22H31N3O2. The summed E-state index contributed by atoms with van der Waals surface area (Å²) < 4.78 is 5.03. The lowest BCUT2D eigenvalue weighted by atomic mass is 9.83. The molecular weight excluding hydrogens is 338 g/mol. The van der Waals surface area contributed by atoms with E-state index in [1.54, 1.807) is 6.07 Å². The number of hydrogen-bond acceptors (Lipinski definition) is 4. The molecule has 3 rings (SSSR count). The van der Waals surface area contributed by atoms with Gasteiger partial charge in [0, 0.05) is 12.1 Å². The number of nitrogens with zero attached hydrogens (tertiary/aromatic N) is 1. The first kappa shape index (κ1) is 19.6. The van der Waals surface area contributed by atoms with Gasteiger partial charge in [-0.25, -0.2) is 0 Å². The van der Waals surface area contributed by atoms with E-state index in [-0.39, 0.29) is 18.5 Å². The molecule has 0 bridgehead atoms. The lowest BCUT2D eigenvalue weighted by Gasteiger charge is -2.25. The predicted octanol–water partition coefficient (Wildman–Crippen LogP) is 4.96. The molecule has 146 valence electrons. The Bertz CT molecular complexity index is 730. The molecule has 1 amide bonds. The Morgan fingerprint density at radius 1 is 1.19 bits per heavy atom. The molecule has 2 aromatic rings. The Morgan fingerprint density at radius 2 is 1.89 bits per heavy atom. The van der Waals surface area contributed by atoms with Gasteiger partial charge >= 0.3 is 0 Å². The average molecular weight is 370 g/mol. The summed E-state index contributed by atoms with van der Waals surface area (Å²) in [6.45, 7) is 6.39. The van der Waals surface area contributed by atoms with Crippen LogP contribution in [0.2, 0.25) is 0 Å². The summed E-state index contributed by atoms with van der Waals surface area (Å²) in [6, 6.07) is 10.8. The summed E-state index contributed by atoms with van der Waals surface area (Å²) >= 11 is 0. The van der Waals surface area contributed by atoms with Crippen molar-refractivity contribution in [2.24, 2.45) is 5.92 Å². The summed E-state index contributed by atoms with van der Waals surface area (Å²) in [5, 5.41) is 9.89. The number of rotatable bonds is 7. The molecule has 1 aliphatic carbocycles. The van der Waals surface area contributed by atoms with Crippen molar-refractivity contribution in [3.8, 4) is 0 Å².